The van der Waals surface area contributed by atoms with Gasteiger partial charge in [0.1, 0.15) is 0 Å². The molecule has 0 atom stereocenters. The van der Waals surface area contributed by atoms with E-state index in [9.17, 15) is 0 Å². The zero-order valence-electron chi connectivity index (χ0n) is 10.6. The zero-order chi connectivity index (χ0) is 11.3. The van der Waals surface area contributed by atoms with Crippen molar-refractivity contribution in [2.75, 3.05) is 27.3 Å². The van der Waals surface area contributed by atoms with Gasteiger partial charge in [-0.3, -0.25) is 4.57 Å². The second kappa shape index (κ2) is 5.99. The lowest BCUT2D eigenvalue weighted by Gasteiger charge is -2.40. The van der Waals surface area contributed by atoms with Crippen LogP contribution in [0.15, 0.2) is 0 Å². The van der Waals surface area contributed by atoms with Crippen LogP contribution in [0.4, 0.5) is 0 Å². The van der Waals surface area contributed by atoms with Gasteiger partial charge in [-0.2, -0.15) is 0 Å². The van der Waals surface area contributed by atoms with Gasteiger partial charge in [0.2, 0.25) is 0 Å². The van der Waals surface area contributed by atoms with Gasteiger partial charge in [-0.25, -0.2) is 0 Å². The van der Waals surface area contributed by atoms with Crippen molar-refractivity contribution in [3.63, 3.8) is 0 Å². The van der Waals surface area contributed by atoms with Crippen molar-refractivity contribution < 1.29 is 8.85 Å². The smallest absolute Gasteiger partial charge is 0.386 e. The first-order valence-electron chi connectivity index (χ1n) is 6.10. The molecule has 0 saturated carbocycles. The SMILES string of the molecule is CCC(CC)[Si](OC)(OC)N1CCCC1. The van der Waals surface area contributed by atoms with Gasteiger partial charge in [-0.15, -0.1) is 0 Å². The van der Waals surface area contributed by atoms with Gasteiger partial charge in [-0.1, -0.05) is 13.8 Å². The van der Waals surface area contributed by atoms with Crippen LogP contribution in [0.2, 0.25) is 5.54 Å². The highest BCUT2D eigenvalue weighted by Gasteiger charge is 2.49. The maximum absolute atomic E-state index is 5.86. The van der Waals surface area contributed by atoms with Crippen LogP contribution < -0.4 is 0 Å². The molecule has 1 fully saturated rings. The Kier molecular flexibility index (Phi) is 5.25. The first-order valence-corrected chi connectivity index (χ1v) is 7.94. The quantitative estimate of drug-likeness (QED) is 0.656. The summed E-state index contributed by atoms with van der Waals surface area (Å²) in [5.74, 6) is 0. The molecular formula is C11H25NO2Si. The van der Waals surface area contributed by atoms with Crippen LogP contribution in [0.1, 0.15) is 39.5 Å². The molecule has 0 unspecified atom stereocenters. The highest BCUT2D eigenvalue weighted by molar-refractivity contribution is 6.66. The van der Waals surface area contributed by atoms with Crippen molar-refractivity contribution >= 4 is 8.72 Å². The van der Waals surface area contributed by atoms with Crippen molar-refractivity contribution in [2.45, 2.75) is 45.1 Å². The summed E-state index contributed by atoms with van der Waals surface area (Å²) in [4.78, 5) is 0. The van der Waals surface area contributed by atoms with E-state index in [1.54, 1.807) is 0 Å². The zero-order valence-corrected chi connectivity index (χ0v) is 11.6. The lowest BCUT2D eigenvalue weighted by atomic mass is 10.3. The molecule has 0 aromatic heterocycles. The fourth-order valence-electron chi connectivity index (χ4n) is 2.77. The van der Waals surface area contributed by atoms with E-state index >= 15 is 0 Å². The van der Waals surface area contributed by atoms with Crippen LogP contribution >= 0.6 is 0 Å². The fraction of sp³-hybridized carbons (Fsp3) is 1.00. The molecular weight excluding hydrogens is 206 g/mol. The summed E-state index contributed by atoms with van der Waals surface area (Å²) in [5, 5.41) is 0. The predicted octanol–water partition coefficient (Wildman–Crippen LogP) is 2.50. The van der Waals surface area contributed by atoms with E-state index in [2.05, 4.69) is 18.4 Å². The number of hydrogen-bond acceptors (Lipinski definition) is 3. The van der Waals surface area contributed by atoms with E-state index in [-0.39, 0.29) is 0 Å². The number of rotatable bonds is 6. The third-order valence-electron chi connectivity index (χ3n) is 3.63. The molecule has 1 rings (SSSR count). The van der Waals surface area contributed by atoms with Crippen LogP contribution in [0, 0.1) is 0 Å². The van der Waals surface area contributed by atoms with Gasteiger partial charge in [0.05, 0.1) is 0 Å². The van der Waals surface area contributed by atoms with Crippen molar-refractivity contribution in [3.05, 3.63) is 0 Å². The first kappa shape index (κ1) is 13.2. The molecule has 0 aromatic rings. The van der Waals surface area contributed by atoms with Crippen LogP contribution in [-0.4, -0.2) is 40.6 Å². The summed E-state index contributed by atoms with van der Waals surface area (Å²) in [6.07, 6.45) is 4.89. The Labute approximate surface area is 95.1 Å². The normalized spacial score (nSPS) is 19.0. The fourth-order valence-corrected chi connectivity index (χ4v) is 6.60. The maximum Gasteiger partial charge on any atom is 0.430 e. The Morgan fingerprint density at radius 1 is 1.07 bits per heavy atom. The van der Waals surface area contributed by atoms with Crippen LogP contribution in [-0.2, 0) is 8.85 Å². The van der Waals surface area contributed by atoms with Crippen molar-refractivity contribution in [3.8, 4) is 0 Å². The molecule has 0 aliphatic carbocycles. The monoisotopic (exact) mass is 231 g/mol. The summed E-state index contributed by atoms with van der Waals surface area (Å²) in [6.45, 7) is 6.79. The molecule has 90 valence electrons. The number of nitrogens with zero attached hydrogens (tertiary/aromatic N) is 1. The molecule has 1 saturated heterocycles. The second-order valence-corrected chi connectivity index (χ2v) is 7.77. The molecule has 15 heavy (non-hydrogen) atoms. The average molecular weight is 231 g/mol. The molecule has 0 spiro atoms. The van der Waals surface area contributed by atoms with Crippen molar-refractivity contribution in [2.24, 2.45) is 0 Å². The molecule has 3 nitrogen and oxygen atoms in total. The standard InChI is InChI=1S/C11H25NO2Si/c1-5-11(6-2)15(13-3,14-4)12-9-7-8-10-12/h11H,5-10H2,1-4H3. The highest BCUT2D eigenvalue weighted by Crippen LogP contribution is 2.34. The van der Waals surface area contributed by atoms with Gasteiger partial charge in [0, 0.05) is 19.8 Å². The number of hydrogen-bond donors (Lipinski definition) is 0. The topological polar surface area (TPSA) is 21.7 Å². The van der Waals surface area contributed by atoms with E-state index in [1.807, 2.05) is 14.2 Å². The van der Waals surface area contributed by atoms with E-state index in [4.69, 9.17) is 8.85 Å². The minimum absolute atomic E-state index is 0.589. The van der Waals surface area contributed by atoms with Crippen LogP contribution in [0.5, 0.6) is 0 Å². The predicted molar refractivity (Wildman–Crippen MR) is 64.9 cm³/mol. The summed E-state index contributed by atoms with van der Waals surface area (Å²) in [5.41, 5.74) is 0.589. The second-order valence-electron chi connectivity index (χ2n) is 4.25. The third kappa shape index (κ3) is 2.44. The average Bonchev–Trinajstić information content (AvgIpc) is 2.80. The lowest BCUT2D eigenvalue weighted by molar-refractivity contribution is 0.159. The minimum atomic E-state index is -2.11. The lowest BCUT2D eigenvalue weighted by Crippen LogP contribution is -2.59. The highest BCUT2D eigenvalue weighted by atomic mass is 28.4. The van der Waals surface area contributed by atoms with E-state index in [1.165, 1.54) is 12.8 Å². The summed E-state index contributed by atoms with van der Waals surface area (Å²) in [7, 11) is 1.55. The largest absolute Gasteiger partial charge is 0.430 e. The van der Waals surface area contributed by atoms with E-state index in [0.717, 1.165) is 25.9 Å². The van der Waals surface area contributed by atoms with Gasteiger partial charge in [0.15, 0.2) is 0 Å². The Hall–Kier alpha value is 0.0969. The maximum atomic E-state index is 5.86. The van der Waals surface area contributed by atoms with E-state index in [0.29, 0.717) is 5.54 Å². The molecule has 0 amide bonds. The Morgan fingerprint density at radius 3 is 1.87 bits per heavy atom. The molecule has 0 N–H and O–H groups in total. The van der Waals surface area contributed by atoms with Crippen LogP contribution in [0.25, 0.3) is 0 Å². The van der Waals surface area contributed by atoms with Crippen molar-refractivity contribution in [1.82, 2.24) is 4.57 Å². The minimum Gasteiger partial charge on any atom is -0.386 e. The molecule has 1 heterocycles. The Balaban J connectivity index is 2.83. The molecule has 0 radical (unpaired) electrons. The molecule has 0 bridgehead atoms. The Morgan fingerprint density at radius 2 is 1.53 bits per heavy atom. The molecule has 0 aromatic carbocycles. The van der Waals surface area contributed by atoms with Gasteiger partial charge < -0.3 is 8.85 Å². The first-order chi connectivity index (χ1) is 7.25. The van der Waals surface area contributed by atoms with Gasteiger partial charge >= 0.3 is 8.72 Å². The third-order valence-corrected chi connectivity index (χ3v) is 7.98. The van der Waals surface area contributed by atoms with Gasteiger partial charge in [-0.05, 0) is 38.8 Å². The molecule has 1 aliphatic rings. The summed E-state index contributed by atoms with van der Waals surface area (Å²) in [6, 6.07) is 0. The summed E-state index contributed by atoms with van der Waals surface area (Å²) >= 11 is 0. The van der Waals surface area contributed by atoms with E-state index < -0.39 is 8.72 Å². The summed E-state index contributed by atoms with van der Waals surface area (Å²) < 4.78 is 14.2. The van der Waals surface area contributed by atoms with Gasteiger partial charge in [0.25, 0.3) is 0 Å². The molecule has 4 heteroatoms. The molecule has 1 aliphatic heterocycles. The van der Waals surface area contributed by atoms with Crippen LogP contribution in [0.3, 0.4) is 0 Å². The van der Waals surface area contributed by atoms with Crippen molar-refractivity contribution in [1.29, 1.82) is 0 Å². The Bertz CT molecular complexity index is 171.